The van der Waals surface area contributed by atoms with Crippen molar-refractivity contribution in [3.05, 3.63) is 127 Å². The second-order valence-corrected chi connectivity index (χ2v) is 14.4. The summed E-state index contributed by atoms with van der Waals surface area (Å²) in [6, 6.07) is 33.0. The van der Waals surface area contributed by atoms with Crippen LogP contribution in [0.4, 0.5) is 0 Å². The third kappa shape index (κ3) is 5.47. The Morgan fingerprint density at radius 2 is 1.06 bits per heavy atom. The van der Waals surface area contributed by atoms with E-state index in [9.17, 15) is 0 Å². The van der Waals surface area contributed by atoms with Gasteiger partial charge in [0.15, 0.2) is 0 Å². The Morgan fingerprint density at radius 1 is 0.532 bits per heavy atom. The van der Waals surface area contributed by atoms with Crippen molar-refractivity contribution in [3.8, 4) is 11.6 Å². The molecule has 232 valence electrons. The molecule has 0 saturated heterocycles. The number of aromatic nitrogens is 5. The summed E-state index contributed by atoms with van der Waals surface area (Å²) < 4.78 is 4.55. The highest BCUT2D eigenvalue weighted by atomic mass is 32.2. The summed E-state index contributed by atoms with van der Waals surface area (Å²) in [7, 11) is 0. The summed E-state index contributed by atoms with van der Waals surface area (Å²) in [6.45, 7) is 8.98. The van der Waals surface area contributed by atoms with E-state index >= 15 is 0 Å². The summed E-state index contributed by atoms with van der Waals surface area (Å²) >= 11 is 1.78. The largest absolute Gasteiger partial charge is 0.294 e. The zero-order valence-corrected chi connectivity index (χ0v) is 28.0. The topological polar surface area (TPSA) is 48.5 Å². The Balaban J connectivity index is 1.21. The quantitative estimate of drug-likeness (QED) is 0.167. The molecule has 8 rings (SSSR count). The maximum absolute atomic E-state index is 4.94. The van der Waals surface area contributed by atoms with Crippen molar-refractivity contribution in [2.24, 2.45) is 11.8 Å². The van der Waals surface area contributed by atoms with Crippen molar-refractivity contribution >= 4 is 55.4 Å². The maximum Gasteiger partial charge on any atom is 0.137 e. The van der Waals surface area contributed by atoms with Crippen molar-refractivity contribution in [2.75, 3.05) is 0 Å². The van der Waals surface area contributed by atoms with Crippen molar-refractivity contribution in [3.63, 3.8) is 0 Å². The van der Waals surface area contributed by atoms with Crippen LogP contribution in [-0.4, -0.2) is 24.1 Å². The van der Waals surface area contributed by atoms with Crippen LogP contribution in [0.5, 0.6) is 0 Å². The van der Waals surface area contributed by atoms with Gasteiger partial charge in [0.2, 0.25) is 0 Å². The Morgan fingerprint density at radius 3 is 1.62 bits per heavy atom. The number of pyridine rings is 3. The highest BCUT2D eigenvalue weighted by Crippen LogP contribution is 2.39. The van der Waals surface area contributed by atoms with E-state index in [0.29, 0.717) is 11.8 Å². The van der Waals surface area contributed by atoms with Crippen LogP contribution in [0.15, 0.2) is 126 Å². The standard InChI is InChI=1S/C41H37N5S/c1-26(2)19-28-9-15-40(43-23-28)45-36-8-6-5-7-32(36)33-13-11-30(21-37(33)45)47-31-12-14-34-35-17-18-42-25-39(35)46(38(34)22-31)41-16-10-29(24-44-41)20-27(3)4/h5-18,21-27H,19-20H2,1-4H3. The molecule has 0 N–H and O–H groups in total. The molecule has 5 aromatic heterocycles. The minimum Gasteiger partial charge on any atom is -0.294 e. The molecular formula is C41H37N5S. The van der Waals surface area contributed by atoms with Gasteiger partial charge >= 0.3 is 0 Å². The average molecular weight is 632 g/mol. The molecule has 6 heteroatoms. The van der Waals surface area contributed by atoms with Crippen LogP contribution in [0.25, 0.3) is 55.2 Å². The predicted molar refractivity (Wildman–Crippen MR) is 196 cm³/mol. The zero-order chi connectivity index (χ0) is 32.1. The van der Waals surface area contributed by atoms with Crippen molar-refractivity contribution in [2.45, 2.75) is 50.3 Å². The Kier molecular flexibility index (Phi) is 7.53. The van der Waals surface area contributed by atoms with E-state index in [1.807, 2.05) is 24.8 Å². The molecule has 0 unspecified atom stereocenters. The molecule has 0 atom stereocenters. The van der Waals surface area contributed by atoms with Crippen LogP contribution in [0.2, 0.25) is 0 Å². The van der Waals surface area contributed by atoms with Gasteiger partial charge in [-0.15, -0.1) is 0 Å². The minimum absolute atomic E-state index is 0.590. The van der Waals surface area contributed by atoms with E-state index in [1.54, 1.807) is 11.8 Å². The molecule has 0 fully saturated rings. The Bertz CT molecular complexity index is 2210. The lowest BCUT2D eigenvalue weighted by atomic mass is 10.1. The van der Waals surface area contributed by atoms with E-state index in [2.05, 4.69) is 133 Å². The van der Waals surface area contributed by atoms with Gasteiger partial charge in [0, 0.05) is 49.9 Å². The number of rotatable bonds is 8. The first-order valence-electron chi connectivity index (χ1n) is 16.4. The highest BCUT2D eigenvalue weighted by Gasteiger charge is 2.17. The fourth-order valence-corrected chi connectivity index (χ4v) is 7.72. The van der Waals surface area contributed by atoms with Gasteiger partial charge in [-0.2, -0.15) is 0 Å². The molecule has 0 spiro atoms. The fourth-order valence-electron chi connectivity index (χ4n) is 6.84. The fraction of sp³-hybridized carbons (Fsp3) is 0.195. The van der Waals surface area contributed by atoms with Crippen molar-refractivity contribution in [1.82, 2.24) is 24.1 Å². The molecular weight excluding hydrogens is 595 g/mol. The number of benzene rings is 3. The Labute approximate surface area is 279 Å². The summed E-state index contributed by atoms with van der Waals surface area (Å²) in [5.74, 6) is 3.04. The summed E-state index contributed by atoms with van der Waals surface area (Å²) in [5.41, 5.74) is 7.04. The maximum atomic E-state index is 4.94. The van der Waals surface area contributed by atoms with Crippen molar-refractivity contribution in [1.29, 1.82) is 0 Å². The lowest BCUT2D eigenvalue weighted by molar-refractivity contribution is 0.645. The van der Waals surface area contributed by atoms with E-state index in [1.165, 1.54) is 48.0 Å². The van der Waals surface area contributed by atoms with Crippen LogP contribution in [0, 0.1) is 11.8 Å². The van der Waals surface area contributed by atoms with E-state index < -0.39 is 0 Å². The summed E-state index contributed by atoms with van der Waals surface area (Å²) in [6.07, 6.45) is 9.91. The zero-order valence-electron chi connectivity index (χ0n) is 27.2. The monoisotopic (exact) mass is 631 g/mol. The van der Waals surface area contributed by atoms with Crippen LogP contribution in [0.3, 0.4) is 0 Å². The van der Waals surface area contributed by atoms with Crippen LogP contribution >= 0.6 is 11.8 Å². The first-order chi connectivity index (χ1) is 22.9. The van der Waals surface area contributed by atoms with E-state index in [4.69, 9.17) is 9.97 Å². The van der Waals surface area contributed by atoms with Gasteiger partial charge in [-0.25, -0.2) is 9.97 Å². The molecule has 5 nitrogen and oxygen atoms in total. The average Bonchev–Trinajstić information content (AvgIpc) is 3.57. The van der Waals surface area contributed by atoms with Gasteiger partial charge in [0.1, 0.15) is 11.6 Å². The molecule has 5 heterocycles. The highest BCUT2D eigenvalue weighted by molar-refractivity contribution is 7.99. The van der Waals surface area contributed by atoms with Gasteiger partial charge in [0.25, 0.3) is 0 Å². The molecule has 0 radical (unpaired) electrons. The van der Waals surface area contributed by atoms with Gasteiger partial charge < -0.3 is 0 Å². The second-order valence-electron chi connectivity index (χ2n) is 13.3. The van der Waals surface area contributed by atoms with E-state index in [-0.39, 0.29) is 0 Å². The molecule has 0 saturated carbocycles. The third-order valence-corrected chi connectivity index (χ3v) is 9.77. The lowest BCUT2D eigenvalue weighted by Crippen LogP contribution is -2.00. The number of hydrogen-bond acceptors (Lipinski definition) is 4. The molecule has 0 aliphatic carbocycles. The predicted octanol–water partition coefficient (Wildman–Crippen LogP) is 10.6. The SMILES string of the molecule is CC(C)Cc1ccc(-n2c3ccccc3c3ccc(Sc4ccc5c6ccncc6n(-c6ccc(CC(C)C)cn6)c5c4)cc32)nc1. The van der Waals surface area contributed by atoms with Gasteiger partial charge in [0.05, 0.1) is 28.3 Å². The lowest BCUT2D eigenvalue weighted by Gasteiger charge is -2.11. The molecule has 47 heavy (non-hydrogen) atoms. The van der Waals surface area contributed by atoms with Gasteiger partial charge in [-0.3, -0.25) is 14.1 Å². The number of fused-ring (bicyclic) bond motifs is 6. The number of hydrogen-bond donors (Lipinski definition) is 0. The van der Waals surface area contributed by atoms with E-state index in [0.717, 1.165) is 41.0 Å². The summed E-state index contributed by atoms with van der Waals surface area (Å²) in [4.78, 5) is 16.7. The third-order valence-electron chi connectivity index (χ3n) is 8.79. The second kappa shape index (κ2) is 12.0. The van der Waals surface area contributed by atoms with Gasteiger partial charge in [-0.1, -0.05) is 81.9 Å². The normalized spacial score (nSPS) is 12.0. The molecule has 0 aliphatic heterocycles. The smallest absolute Gasteiger partial charge is 0.137 e. The van der Waals surface area contributed by atoms with Crippen molar-refractivity contribution < 1.29 is 0 Å². The van der Waals surface area contributed by atoms with Crippen LogP contribution in [-0.2, 0) is 12.8 Å². The van der Waals surface area contributed by atoms with Gasteiger partial charge in [-0.05, 0) is 84.3 Å². The molecule has 0 bridgehead atoms. The number of nitrogens with zero attached hydrogens (tertiary/aromatic N) is 5. The summed E-state index contributed by atoms with van der Waals surface area (Å²) in [5, 5.41) is 4.84. The first kappa shape index (κ1) is 29.5. The minimum atomic E-state index is 0.590. The molecule has 8 aromatic rings. The molecule has 0 amide bonds. The van der Waals surface area contributed by atoms with Crippen LogP contribution in [0.1, 0.15) is 38.8 Å². The number of para-hydroxylation sites is 1. The first-order valence-corrected chi connectivity index (χ1v) is 17.2. The van der Waals surface area contributed by atoms with Crippen LogP contribution < -0.4 is 0 Å². The molecule has 0 aliphatic rings. The molecule has 3 aromatic carbocycles. The Hall–Kier alpha value is -4.94.